The normalized spacial score (nSPS) is 15.2. The number of methoxy groups -OCH3 is 1. The van der Waals surface area contributed by atoms with Crippen LogP contribution in [0.15, 0.2) is 66.4 Å². The predicted octanol–water partition coefficient (Wildman–Crippen LogP) is 4.64. The van der Waals surface area contributed by atoms with E-state index in [-0.39, 0.29) is 18.4 Å². The van der Waals surface area contributed by atoms with Gasteiger partial charge in [-0.2, -0.15) is 5.10 Å². The standard InChI is InChI=1S/C31H35N5O4S/c1-22-29(41-21-33-22)12-16-40-27-11-10-24(18-28(27)39-2)20-36(26-9-3-4-13-32-30(26)37)31(38)25-8-5-7-23(17-25)19-35-15-6-14-34-35/h5-8,10-11,14-15,17-18,21,26H,3-4,9,12-13,16,19-20H2,1-2H3,(H,32,37)/t26-/m0/s1. The average Bonchev–Trinajstić information content (AvgIpc) is 3.60. The molecule has 4 aromatic rings. The summed E-state index contributed by atoms with van der Waals surface area (Å²) >= 11 is 1.62. The molecule has 1 atom stereocenters. The number of nitrogens with zero attached hydrogens (tertiary/aromatic N) is 4. The largest absolute Gasteiger partial charge is 0.493 e. The molecule has 0 spiro atoms. The zero-order valence-electron chi connectivity index (χ0n) is 23.4. The summed E-state index contributed by atoms with van der Waals surface area (Å²) in [5, 5.41) is 7.26. The molecule has 1 saturated heterocycles. The van der Waals surface area contributed by atoms with Crippen molar-refractivity contribution in [3.05, 3.63) is 93.7 Å². The van der Waals surface area contributed by atoms with Gasteiger partial charge in [-0.15, -0.1) is 11.3 Å². The zero-order valence-corrected chi connectivity index (χ0v) is 24.2. The van der Waals surface area contributed by atoms with Crippen molar-refractivity contribution in [2.24, 2.45) is 0 Å². The summed E-state index contributed by atoms with van der Waals surface area (Å²) in [6.07, 6.45) is 6.75. The van der Waals surface area contributed by atoms with Crippen LogP contribution in [0.4, 0.5) is 0 Å². The van der Waals surface area contributed by atoms with Gasteiger partial charge in [0.1, 0.15) is 6.04 Å². The lowest BCUT2D eigenvalue weighted by atomic mass is 10.0. The molecule has 1 aliphatic heterocycles. The highest BCUT2D eigenvalue weighted by atomic mass is 32.1. The van der Waals surface area contributed by atoms with E-state index in [2.05, 4.69) is 15.4 Å². The zero-order chi connectivity index (χ0) is 28.6. The molecule has 2 amide bonds. The van der Waals surface area contributed by atoms with Crippen LogP contribution >= 0.6 is 11.3 Å². The van der Waals surface area contributed by atoms with Crippen molar-refractivity contribution in [2.75, 3.05) is 20.3 Å². The third kappa shape index (κ3) is 7.13. The lowest BCUT2D eigenvalue weighted by Crippen LogP contribution is -2.48. The monoisotopic (exact) mass is 573 g/mol. The first kappa shape index (κ1) is 28.4. The molecule has 214 valence electrons. The summed E-state index contributed by atoms with van der Waals surface area (Å²) in [7, 11) is 1.60. The Morgan fingerprint density at radius 3 is 2.83 bits per heavy atom. The van der Waals surface area contributed by atoms with Crippen molar-refractivity contribution < 1.29 is 19.1 Å². The molecule has 5 rings (SSSR count). The maximum atomic E-state index is 14.0. The number of amides is 2. The van der Waals surface area contributed by atoms with Crippen molar-refractivity contribution >= 4 is 23.2 Å². The van der Waals surface area contributed by atoms with Crippen molar-refractivity contribution in [1.29, 1.82) is 0 Å². The Hall–Kier alpha value is -4.18. The molecule has 1 fully saturated rings. The van der Waals surface area contributed by atoms with Crippen LogP contribution < -0.4 is 14.8 Å². The highest BCUT2D eigenvalue weighted by molar-refractivity contribution is 7.09. The van der Waals surface area contributed by atoms with Crippen molar-refractivity contribution in [3.63, 3.8) is 0 Å². The molecule has 1 aliphatic rings. The quantitative estimate of drug-likeness (QED) is 0.281. The number of ether oxygens (including phenoxy) is 2. The van der Waals surface area contributed by atoms with Gasteiger partial charge in [-0.1, -0.05) is 18.2 Å². The maximum absolute atomic E-state index is 14.0. The second-order valence-electron chi connectivity index (χ2n) is 10.1. The molecule has 0 saturated carbocycles. The van der Waals surface area contributed by atoms with Crippen LogP contribution in [0.2, 0.25) is 0 Å². The molecule has 9 nitrogen and oxygen atoms in total. The van der Waals surface area contributed by atoms with Crippen LogP contribution in [0.25, 0.3) is 0 Å². The molecule has 10 heteroatoms. The molecule has 0 unspecified atom stereocenters. The minimum atomic E-state index is -0.565. The number of hydrogen-bond acceptors (Lipinski definition) is 7. The van der Waals surface area contributed by atoms with Crippen molar-refractivity contribution in [3.8, 4) is 11.5 Å². The Balaban J connectivity index is 1.36. The van der Waals surface area contributed by atoms with E-state index in [4.69, 9.17) is 9.47 Å². The Labute approximate surface area is 244 Å². The number of aromatic nitrogens is 3. The Morgan fingerprint density at radius 2 is 2.05 bits per heavy atom. The number of aryl methyl sites for hydroxylation is 1. The van der Waals surface area contributed by atoms with Crippen molar-refractivity contribution in [1.82, 2.24) is 25.0 Å². The van der Waals surface area contributed by atoms with Gasteiger partial charge in [-0.05, 0) is 67.6 Å². The van der Waals surface area contributed by atoms with E-state index < -0.39 is 6.04 Å². The van der Waals surface area contributed by atoms with Crippen molar-refractivity contribution in [2.45, 2.75) is 51.7 Å². The van der Waals surface area contributed by atoms with Gasteiger partial charge in [0.25, 0.3) is 5.91 Å². The highest BCUT2D eigenvalue weighted by Crippen LogP contribution is 2.30. The van der Waals surface area contributed by atoms with Gasteiger partial charge in [-0.3, -0.25) is 14.3 Å². The minimum Gasteiger partial charge on any atom is -0.493 e. The number of benzene rings is 2. The maximum Gasteiger partial charge on any atom is 0.254 e. The number of carbonyl (C=O) groups is 2. The SMILES string of the molecule is COc1cc(CN(C(=O)c2cccc(Cn3cccn3)c2)[C@H]2CCCCNC2=O)ccc1OCCc1scnc1C. The Bertz CT molecular complexity index is 1470. The van der Waals surface area contributed by atoms with E-state index in [0.717, 1.165) is 36.1 Å². The molecular formula is C31H35N5O4S. The molecule has 2 aromatic heterocycles. The molecular weight excluding hydrogens is 538 g/mol. The van der Waals surface area contributed by atoms with Gasteiger partial charge in [0.05, 0.1) is 31.5 Å². The van der Waals surface area contributed by atoms with Gasteiger partial charge in [0.2, 0.25) is 5.91 Å². The Morgan fingerprint density at radius 1 is 1.15 bits per heavy atom. The average molecular weight is 574 g/mol. The number of carbonyl (C=O) groups excluding carboxylic acids is 2. The summed E-state index contributed by atoms with van der Waals surface area (Å²) in [5.74, 6) is 0.916. The van der Waals surface area contributed by atoms with E-state index in [1.54, 1.807) is 35.6 Å². The molecule has 3 heterocycles. The van der Waals surface area contributed by atoms with E-state index in [9.17, 15) is 9.59 Å². The summed E-state index contributed by atoms with van der Waals surface area (Å²) in [6.45, 7) is 3.94. The topological polar surface area (TPSA) is 98.6 Å². The first-order valence-electron chi connectivity index (χ1n) is 13.9. The predicted molar refractivity (Wildman–Crippen MR) is 157 cm³/mol. The third-order valence-corrected chi connectivity index (χ3v) is 8.23. The summed E-state index contributed by atoms with van der Waals surface area (Å²) in [5.41, 5.74) is 5.22. The van der Waals surface area contributed by atoms with Crippen LogP contribution in [0, 0.1) is 6.92 Å². The molecule has 0 radical (unpaired) electrons. The fourth-order valence-corrected chi connectivity index (χ4v) is 5.80. The first-order chi connectivity index (χ1) is 20.0. The highest BCUT2D eigenvalue weighted by Gasteiger charge is 2.32. The van der Waals surface area contributed by atoms with E-state index >= 15 is 0 Å². The van der Waals surface area contributed by atoms with Gasteiger partial charge in [0, 0.05) is 42.3 Å². The van der Waals surface area contributed by atoms with Gasteiger partial charge in [-0.25, -0.2) is 4.98 Å². The van der Waals surface area contributed by atoms with E-state index in [0.29, 0.717) is 43.2 Å². The number of hydrogen-bond donors (Lipinski definition) is 1. The van der Waals surface area contributed by atoms with Crippen LogP contribution in [0.3, 0.4) is 0 Å². The molecule has 2 aromatic carbocycles. The lowest BCUT2D eigenvalue weighted by molar-refractivity contribution is -0.125. The molecule has 1 N–H and O–H groups in total. The van der Waals surface area contributed by atoms with E-state index in [1.165, 1.54) is 4.88 Å². The number of nitrogens with one attached hydrogen (secondary N) is 1. The third-order valence-electron chi connectivity index (χ3n) is 7.23. The van der Waals surface area contributed by atoms with Crippen LogP contribution in [0.1, 0.15) is 51.3 Å². The minimum absolute atomic E-state index is 0.117. The summed E-state index contributed by atoms with van der Waals surface area (Å²) in [6, 6.07) is 14.5. The van der Waals surface area contributed by atoms with E-state index in [1.807, 2.05) is 65.8 Å². The smallest absolute Gasteiger partial charge is 0.254 e. The Kier molecular flexibility index (Phi) is 9.30. The van der Waals surface area contributed by atoms with Gasteiger partial charge < -0.3 is 19.7 Å². The number of thiazole rings is 1. The molecule has 0 aliphatic carbocycles. The number of rotatable bonds is 11. The van der Waals surface area contributed by atoms with Crippen LogP contribution in [-0.2, 0) is 24.3 Å². The summed E-state index contributed by atoms with van der Waals surface area (Å²) in [4.78, 5) is 34.3. The fraction of sp³-hybridized carbons (Fsp3) is 0.355. The second kappa shape index (κ2) is 13.5. The second-order valence-corrected chi connectivity index (χ2v) is 11.0. The van der Waals surface area contributed by atoms with Crippen LogP contribution in [-0.4, -0.2) is 57.8 Å². The first-order valence-corrected chi connectivity index (χ1v) is 14.7. The fourth-order valence-electron chi connectivity index (χ4n) is 5.04. The van der Waals surface area contributed by atoms with Gasteiger partial charge >= 0.3 is 0 Å². The summed E-state index contributed by atoms with van der Waals surface area (Å²) < 4.78 is 13.5. The van der Waals surface area contributed by atoms with Crippen LogP contribution in [0.5, 0.6) is 11.5 Å². The molecule has 41 heavy (non-hydrogen) atoms. The van der Waals surface area contributed by atoms with Gasteiger partial charge in [0.15, 0.2) is 11.5 Å². The molecule has 0 bridgehead atoms. The lowest BCUT2D eigenvalue weighted by Gasteiger charge is -2.30.